The topological polar surface area (TPSA) is 33.5 Å². The van der Waals surface area contributed by atoms with Crippen molar-refractivity contribution in [1.29, 1.82) is 0 Å². The number of aryl methyl sites for hydroxylation is 1. The summed E-state index contributed by atoms with van der Waals surface area (Å²) in [6.07, 6.45) is 0. The van der Waals surface area contributed by atoms with Crippen molar-refractivity contribution in [3.8, 4) is 0 Å². The van der Waals surface area contributed by atoms with Gasteiger partial charge < -0.3 is 10.2 Å². The Morgan fingerprint density at radius 3 is 2.35 bits per heavy atom. The summed E-state index contributed by atoms with van der Waals surface area (Å²) in [6, 6.07) is 9.70. The minimum Gasteiger partial charge on any atom is -0.326 e. The second-order valence-corrected chi connectivity index (χ2v) is 5.57. The smallest absolute Gasteiger partial charge is 0.279 e. The summed E-state index contributed by atoms with van der Waals surface area (Å²) >= 11 is 0. The van der Waals surface area contributed by atoms with Gasteiger partial charge in [0.1, 0.15) is 6.54 Å². The van der Waals surface area contributed by atoms with E-state index in [1.807, 2.05) is 38.2 Å². The van der Waals surface area contributed by atoms with Crippen LogP contribution in [0, 0.1) is 24.4 Å². The maximum atomic E-state index is 13.5. The van der Waals surface area contributed by atoms with Crippen molar-refractivity contribution >= 4 is 11.6 Å². The van der Waals surface area contributed by atoms with E-state index in [1.165, 1.54) is 0 Å². The summed E-state index contributed by atoms with van der Waals surface area (Å²) in [5, 5.41) is 2.26. The average Bonchev–Trinajstić information content (AvgIpc) is 2.50. The van der Waals surface area contributed by atoms with Crippen LogP contribution in [-0.4, -0.2) is 19.5 Å². The van der Waals surface area contributed by atoms with Crippen LogP contribution in [-0.2, 0) is 11.3 Å². The second-order valence-electron chi connectivity index (χ2n) is 5.57. The van der Waals surface area contributed by atoms with Gasteiger partial charge in [0.2, 0.25) is 0 Å². The summed E-state index contributed by atoms with van der Waals surface area (Å²) in [6.45, 7) is 2.68. The number of nitrogens with one attached hydrogen (secondary N) is 2. The highest BCUT2D eigenvalue weighted by atomic mass is 19.2. The molecule has 2 aromatic rings. The Kier molecular flexibility index (Phi) is 5.39. The van der Waals surface area contributed by atoms with Gasteiger partial charge in [0.05, 0.1) is 12.7 Å². The molecule has 0 radical (unpaired) electrons. The van der Waals surface area contributed by atoms with E-state index in [0.717, 1.165) is 28.2 Å². The Morgan fingerprint density at radius 1 is 1.04 bits per heavy atom. The fourth-order valence-corrected chi connectivity index (χ4v) is 2.21. The molecule has 6 heteroatoms. The van der Waals surface area contributed by atoms with Crippen molar-refractivity contribution in [2.45, 2.75) is 13.5 Å². The van der Waals surface area contributed by atoms with Gasteiger partial charge in [-0.25, -0.2) is 13.2 Å². The van der Waals surface area contributed by atoms with E-state index in [0.29, 0.717) is 6.54 Å². The number of rotatable bonds is 5. The summed E-state index contributed by atoms with van der Waals surface area (Å²) in [7, 11) is 1.82. The van der Waals surface area contributed by atoms with Gasteiger partial charge in [-0.15, -0.1) is 0 Å². The molecule has 0 aliphatic rings. The molecule has 1 atom stereocenters. The molecule has 0 saturated carbocycles. The molecule has 0 aliphatic carbocycles. The van der Waals surface area contributed by atoms with Gasteiger partial charge in [0.15, 0.2) is 24.0 Å². The Balaban J connectivity index is 1.94. The average molecular weight is 323 g/mol. The van der Waals surface area contributed by atoms with Crippen molar-refractivity contribution in [2.24, 2.45) is 0 Å². The minimum atomic E-state index is -1.59. The Bertz CT molecular complexity index is 702. The van der Waals surface area contributed by atoms with Crippen molar-refractivity contribution < 1.29 is 22.9 Å². The van der Waals surface area contributed by atoms with E-state index < -0.39 is 23.4 Å². The molecule has 0 aliphatic heterocycles. The molecule has 1 amide bonds. The van der Waals surface area contributed by atoms with Gasteiger partial charge in [0.25, 0.3) is 5.91 Å². The minimum absolute atomic E-state index is 0.0757. The number of quaternary nitrogens is 1. The van der Waals surface area contributed by atoms with Crippen LogP contribution in [0.5, 0.6) is 0 Å². The van der Waals surface area contributed by atoms with E-state index in [9.17, 15) is 18.0 Å². The van der Waals surface area contributed by atoms with E-state index in [2.05, 4.69) is 5.32 Å². The highest BCUT2D eigenvalue weighted by molar-refractivity contribution is 5.91. The van der Waals surface area contributed by atoms with Gasteiger partial charge >= 0.3 is 0 Å². The van der Waals surface area contributed by atoms with Crippen LogP contribution in [0.25, 0.3) is 0 Å². The summed E-state index contributed by atoms with van der Waals surface area (Å²) in [5.41, 5.74) is 1.86. The third-order valence-electron chi connectivity index (χ3n) is 3.40. The van der Waals surface area contributed by atoms with Crippen molar-refractivity contribution in [2.75, 3.05) is 18.9 Å². The van der Waals surface area contributed by atoms with Crippen LogP contribution < -0.4 is 10.2 Å². The number of amides is 1. The number of carbonyl (C=O) groups excluding carboxylic acids is 1. The lowest BCUT2D eigenvalue weighted by Crippen LogP contribution is -3.08. The zero-order valence-corrected chi connectivity index (χ0v) is 12.9. The zero-order valence-electron chi connectivity index (χ0n) is 12.9. The molecular formula is C17H18F3N2O+. The molecule has 0 aromatic heterocycles. The number of carbonyl (C=O) groups is 1. The maximum Gasteiger partial charge on any atom is 0.279 e. The molecule has 23 heavy (non-hydrogen) atoms. The lowest BCUT2D eigenvalue weighted by molar-refractivity contribution is -0.885. The van der Waals surface area contributed by atoms with Crippen LogP contribution in [0.15, 0.2) is 36.4 Å². The van der Waals surface area contributed by atoms with Crippen LogP contribution in [0.4, 0.5) is 18.9 Å². The number of anilines is 1. The van der Waals surface area contributed by atoms with E-state index in [-0.39, 0.29) is 12.2 Å². The molecule has 1 unspecified atom stereocenters. The highest BCUT2D eigenvalue weighted by Gasteiger charge is 2.17. The van der Waals surface area contributed by atoms with Gasteiger partial charge in [0, 0.05) is 5.56 Å². The van der Waals surface area contributed by atoms with Gasteiger partial charge in [-0.05, 0) is 19.1 Å². The van der Waals surface area contributed by atoms with Crippen LogP contribution in [0.3, 0.4) is 0 Å². The molecule has 0 fully saturated rings. The predicted molar refractivity (Wildman–Crippen MR) is 81.6 cm³/mol. The van der Waals surface area contributed by atoms with E-state index in [4.69, 9.17) is 0 Å². The van der Waals surface area contributed by atoms with Gasteiger partial charge in [-0.1, -0.05) is 29.8 Å². The number of hydrogen-bond donors (Lipinski definition) is 2. The van der Waals surface area contributed by atoms with Crippen LogP contribution in [0.2, 0.25) is 0 Å². The fourth-order valence-electron chi connectivity index (χ4n) is 2.21. The number of halogens is 3. The summed E-state index contributed by atoms with van der Waals surface area (Å²) in [4.78, 5) is 12.8. The summed E-state index contributed by atoms with van der Waals surface area (Å²) in [5.74, 6) is -4.75. The molecule has 3 nitrogen and oxygen atoms in total. The first-order chi connectivity index (χ1) is 10.9. The fraction of sp³-hybridized carbons (Fsp3) is 0.235. The molecule has 0 bridgehead atoms. The lowest BCUT2D eigenvalue weighted by Gasteiger charge is -2.14. The molecular weight excluding hydrogens is 305 g/mol. The summed E-state index contributed by atoms with van der Waals surface area (Å²) < 4.78 is 39.5. The molecule has 122 valence electrons. The first-order valence-corrected chi connectivity index (χ1v) is 7.17. The number of hydrogen-bond acceptors (Lipinski definition) is 1. The zero-order chi connectivity index (χ0) is 17.0. The van der Waals surface area contributed by atoms with Gasteiger partial charge in [-0.2, -0.15) is 0 Å². The molecule has 2 N–H and O–H groups in total. The first-order valence-electron chi connectivity index (χ1n) is 7.17. The normalized spacial score (nSPS) is 12.0. The molecule has 2 aromatic carbocycles. The lowest BCUT2D eigenvalue weighted by atomic mass is 10.1. The number of benzene rings is 2. The number of likely N-dealkylation sites (N-methyl/N-ethyl adjacent to an activating group) is 1. The van der Waals surface area contributed by atoms with Crippen molar-refractivity contribution in [3.05, 3.63) is 65.0 Å². The monoisotopic (exact) mass is 323 g/mol. The standard InChI is InChI=1S/C17H17F3N2O/c1-11-3-5-12(6-4-11)9-22(2)10-15(23)21-14-8-7-13(18)16(19)17(14)20/h3-8H,9-10H2,1-2H3,(H,21,23)/p+1. The maximum absolute atomic E-state index is 13.5. The largest absolute Gasteiger partial charge is 0.326 e. The Labute approximate surface area is 132 Å². The van der Waals surface area contributed by atoms with Crippen LogP contribution in [0.1, 0.15) is 11.1 Å². The highest BCUT2D eigenvalue weighted by Crippen LogP contribution is 2.19. The first kappa shape index (κ1) is 17.0. The van der Waals surface area contributed by atoms with E-state index >= 15 is 0 Å². The molecule has 0 heterocycles. The molecule has 2 rings (SSSR count). The third kappa shape index (κ3) is 4.56. The van der Waals surface area contributed by atoms with Crippen LogP contribution >= 0.6 is 0 Å². The Morgan fingerprint density at radius 2 is 1.70 bits per heavy atom. The second kappa shape index (κ2) is 7.28. The third-order valence-corrected chi connectivity index (χ3v) is 3.40. The van der Waals surface area contributed by atoms with Gasteiger partial charge in [-0.3, -0.25) is 4.79 Å². The van der Waals surface area contributed by atoms with E-state index in [1.54, 1.807) is 0 Å². The Hall–Kier alpha value is -2.34. The SMILES string of the molecule is Cc1ccc(C[NH+](C)CC(=O)Nc2ccc(F)c(F)c2F)cc1. The van der Waals surface area contributed by atoms with Crippen molar-refractivity contribution in [1.82, 2.24) is 0 Å². The molecule has 0 spiro atoms. The molecule has 0 saturated heterocycles. The predicted octanol–water partition coefficient (Wildman–Crippen LogP) is 2.07. The van der Waals surface area contributed by atoms with Crippen molar-refractivity contribution in [3.63, 3.8) is 0 Å². The quantitative estimate of drug-likeness (QED) is 0.812.